The van der Waals surface area contributed by atoms with E-state index in [0.29, 0.717) is 23.1 Å². The second kappa shape index (κ2) is 4.17. The van der Waals surface area contributed by atoms with Crippen LogP contribution in [0.3, 0.4) is 0 Å². The summed E-state index contributed by atoms with van der Waals surface area (Å²) in [6, 6.07) is 5.35. The Balaban J connectivity index is 1.93. The molecule has 2 fully saturated rings. The second-order valence-electron chi connectivity index (χ2n) is 4.23. The van der Waals surface area contributed by atoms with Crippen LogP contribution in [0, 0.1) is 0 Å². The molecular formula is C11H13N5O2. The summed E-state index contributed by atoms with van der Waals surface area (Å²) in [5, 5.41) is 24.6. The summed E-state index contributed by atoms with van der Waals surface area (Å²) in [6.45, 7) is 3.49. The van der Waals surface area contributed by atoms with E-state index in [0.717, 1.165) is 26.2 Å². The van der Waals surface area contributed by atoms with Gasteiger partial charge in [0.25, 0.3) is 0 Å². The Morgan fingerprint density at radius 1 is 0.944 bits per heavy atom. The monoisotopic (exact) mass is 247 g/mol. The van der Waals surface area contributed by atoms with Gasteiger partial charge in [0.1, 0.15) is 11.4 Å². The maximum atomic E-state index is 9.01. The van der Waals surface area contributed by atoms with Crippen molar-refractivity contribution in [3.05, 3.63) is 29.6 Å². The van der Waals surface area contributed by atoms with Gasteiger partial charge in [0, 0.05) is 26.2 Å². The van der Waals surface area contributed by atoms with E-state index < -0.39 is 0 Å². The molecule has 0 atom stereocenters. The van der Waals surface area contributed by atoms with Gasteiger partial charge in [-0.25, -0.2) is 4.98 Å². The van der Waals surface area contributed by atoms with Gasteiger partial charge in [0.05, 0.1) is 0 Å². The molecule has 2 aliphatic heterocycles. The lowest BCUT2D eigenvalue weighted by Crippen LogP contribution is -2.19. The molecule has 0 bridgehead atoms. The highest BCUT2D eigenvalue weighted by atomic mass is 16.4. The van der Waals surface area contributed by atoms with Crippen molar-refractivity contribution < 1.29 is 10.4 Å². The van der Waals surface area contributed by atoms with Crippen LogP contribution in [0.25, 0.3) is 0 Å². The maximum absolute atomic E-state index is 9.01. The van der Waals surface area contributed by atoms with Crippen LogP contribution in [-0.2, 0) is 0 Å². The third-order valence-electron chi connectivity index (χ3n) is 2.89. The first-order valence-electron chi connectivity index (χ1n) is 5.75. The highest BCUT2D eigenvalue weighted by Crippen LogP contribution is 2.15. The molecule has 0 saturated carbocycles. The minimum Gasteiger partial charge on any atom is -0.409 e. The van der Waals surface area contributed by atoms with Gasteiger partial charge in [0.15, 0.2) is 11.7 Å². The van der Waals surface area contributed by atoms with Gasteiger partial charge in [-0.2, -0.15) is 0 Å². The highest BCUT2D eigenvalue weighted by Gasteiger charge is 2.28. The molecule has 0 radical (unpaired) electrons. The summed E-state index contributed by atoms with van der Waals surface area (Å²) in [5.41, 5.74) is 1.16. The van der Waals surface area contributed by atoms with Crippen molar-refractivity contribution in [2.24, 2.45) is 10.3 Å². The molecule has 0 amide bonds. The Morgan fingerprint density at radius 3 is 1.72 bits per heavy atom. The molecule has 2 saturated heterocycles. The molecule has 0 unspecified atom stereocenters. The number of aromatic nitrogens is 1. The van der Waals surface area contributed by atoms with E-state index in [9.17, 15) is 0 Å². The fraction of sp³-hybridized carbons (Fsp3) is 0.364. The van der Waals surface area contributed by atoms with Crippen molar-refractivity contribution in [3.63, 3.8) is 0 Å². The first-order valence-corrected chi connectivity index (χ1v) is 5.75. The average molecular weight is 247 g/mol. The molecule has 0 aromatic carbocycles. The molecule has 94 valence electrons. The summed E-state index contributed by atoms with van der Waals surface area (Å²) in [5.74, 6) is 0.917. The Morgan fingerprint density at radius 2 is 1.39 bits per heavy atom. The zero-order chi connectivity index (χ0) is 12.5. The Kier molecular flexibility index (Phi) is 2.51. The van der Waals surface area contributed by atoms with Crippen LogP contribution in [0.4, 0.5) is 0 Å². The number of amidine groups is 2. The number of hydrogen-bond acceptors (Lipinski definition) is 5. The van der Waals surface area contributed by atoms with E-state index in [2.05, 4.69) is 15.3 Å². The number of hydrogen-bond donors (Lipinski definition) is 2. The van der Waals surface area contributed by atoms with Crippen LogP contribution >= 0.6 is 0 Å². The minimum absolute atomic E-state index is 0.458. The van der Waals surface area contributed by atoms with Crippen LogP contribution in [0.15, 0.2) is 28.5 Å². The molecule has 2 aliphatic rings. The normalized spacial score (nSPS) is 19.1. The average Bonchev–Trinajstić information content (AvgIpc) is 3.25. The number of nitrogens with zero attached hydrogens (tertiary/aromatic N) is 5. The fourth-order valence-electron chi connectivity index (χ4n) is 1.76. The molecule has 3 heterocycles. The van der Waals surface area contributed by atoms with E-state index >= 15 is 0 Å². The van der Waals surface area contributed by atoms with Crippen LogP contribution in [0.2, 0.25) is 0 Å². The molecular weight excluding hydrogens is 234 g/mol. The molecule has 7 nitrogen and oxygen atoms in total. The summed E-state index contributed by atoms with van der Waals surface area (Å²) in [7, 11) is 0. The van der Waals surface area contributed by atoms with Gasteiger partial charge < -0.3 is 20.2 Å². The van der Waals surface area contributed by atoms with Crippen molar-refractivity contribution in [1.82, 2.24) is 14.8 Å². The lowest BCUT2D eigenvalue weighted by Gasteiger charge is -2.08. The van der Waals surface area contributed by atoms with Gasteiger partial charge in [-0.15, -0.1) is 0 Å². The standard InChI is InChI=1S/C11H13N5O2/c17-13-10(15-4-5-15)8-2-1-3-9(12-8)11(14-18)16-6-7-16/h1-3,17-18H,4-7H2/b13-10-,14-11-. The third kappa shape index (κ3) is 1.94. The Bertz CT molecular complexity index is 477. The summed E-state index contributed by atoms with van der Waals surface area (Å²) in [4.78, 5) is 8.18. The first-order chi connectivity index (χ1) is 8.83. The van der Waals surface area contributed by atoms with E-state index in [1.54, 1.807) is 18.2 Å². The predicted molar refractivity (Wildman–Crippen MR) is 64.0 cm³/mol. The Labute approximate surface area is 104 Å². The molecule has 1 aromatic heterocycles. The van der Waals surface area contributed by atoms with Gasteiger partial charge in [-0.1, -0.05) is 16.4 Å². The summed E-state index contributed by atoms with van der Waals surface area (Å²) < 4.78 is 0. The first kappa shape index (κ1) is 10.8. The van der Waals surface area contributed by atoms with E-state index in [4.69, 9.17) is 10.4 Å². The zero-order valence-corrected chi connectivity index (χ0v) is 9.69. The lowest BCUT2D eigenvalue weighted by molar-refractivity contribution is 0.313. The number of oxime groups is 2. The van der Waals surface area contributed by atoms with E-state index in [1.807, 2.05) is 9.80 Å². The fourth-order valence-corrected chi connectivity index (χ4v) is 1.76. The largest absolute Gasteiger partial charge is 0.409 e. The molecule has 0 spiro atoms. The summed E-state index contributed by atoms with van der Waals surface area (Å²) >= 11 is 0. The van der Waals surface area contributed by atoms with Crippen molar-refractivity contribution >= 4 is 11.7 Å². The molecule has 3 rings (SSSR count). The molecule has 0 aliphatic carbocycles. The topological polar surface area (TPSA) is 84.1 Å². The van der Waals surface area contributed by atoms with Crippen molar-refractivity contribution in [2.45, 2.75) is 0 Å². The van der Waals surface area contributed by atoms with Gasteiger partial charge in [0.2, 0.25) is 0 Å². The molecule has 18 heavy (non-hydrogen) atoms. The van der Waals surface area contributed by atoms with Gasteiger partial charge >= 0.3 is 0 Å². The van der Waals surface area contributed by atoms with Crippen LogP contribution in [0.1, 0.15) is 11.4 Å². The SMILES string of the molecule is O/N=C(/c1cccc(/C(=N/O)N2CC2)n1)N1CC1. The molecule has 1 aromatic rings. The van der Waals surface area contributed by atoms with Crippen LogP contribution in [0.5, 0.6) is 0 Å². The van der Waals surface area contributed by atoms with Crippen molar-refractivity contribution in [1.29, 1.82) is 0 Å². The predicted octanol–water partition coefficient (Wildman–Crippen LogP) is -0.0156. The van der Waals surface area contributed by atoms with E-state index in [1.165, 1.54) is 0 Å². The number of pyridine rings is 1. The van der Waals surface area contributed by atoms with Crippen molar-refractivity contribution in [3.8, 4) is 0 Å². The lowest BCUT2D eigenvalue weighted by atomic mass is 10.2. The Hall–Kier alpha value is -2.31. The summed E-state index contributed by atoms with van der Waals surface area (Å²) in [6.07, 6.45) is 0. The van der Waals surface area contributed by atoms with Crippen molar-refractivity contribution in [2.75, 3.05) is 26.2 Å². The van der Waals surface area contributed by atoms with Crippen LogP contribution in [-0.4, -0.2) is 63.0 Å². The maximum Gasteiger partial charge on any atom is 0.194 e. The van der Waals surface area contributed by atoms with Crippen LogP contribution < -0.4 is 0 Å². The highest BCUT2D eigenvalue weighted by molar-refractivity contribution is 6.01. The second-order valence-corrected chi connectivity index (χ2v) is 4.23. The molecule has 7 heteroatoms. The quantitative estimate of drug-likeness (QED) is 0.252. The molecule has 2 N–H and O–H groups in total. The number of rotatable bonds is 2. The van der Waals surface area contributed by atoms with E-state index in [-0.39, 0.29) is 0 Å². The van der Waals surface area contributed by atoms with Gasteiger partial charge in [-0.3, -0.25) is 0 Å². The van der Waals surface area contributed by atoms with Gasteiger partial charge in [-0.05, 0) is 12.1 Å². The minimum atomic E-state index is 0.458. The smallest absolute Gasteiger partial charge is 0.194 e. The third-order valence-corrected chi connectivity index (χ3v) is 2.89. The zero-order valence-electron chi connectivity index (χ0n) is 9.69.